The van der Waals surface area contributed by atoms with Crippen molar-refractivity contribution in [2.45, 2.75) is 77.0 Å². The summed E-state index contributed by atoms with van der Waals surface area (Å²) in [6.45, 7) is 4.59. The van der Waals surface area contributed by atoms with Crippen LogP contribution in [0.1, 0.15) is 82.8 Å². The SMILES string of the molecule is CCCCCCC(CCCCC)(c1ccccc1)c1ccccc1. The Kier molecular flexibility index (Phi) is 8.08. The van der Waals surface area contributed by atoms with Crippen LogP contribution in [0, 0.1) is 0 Å². The molecule has 0 aliphatic carbocycles. The Morgan fingerprint density at radius 3 is 1.42 bits per heavy atom. The highest BCUT2D eigenvalue weighted by atomic mass is 14.4. The number of benzene rings is 2. The molecule has 0 aliphatic rings. The first kappa shape index (κ1) is 18.8. The topological polar surface area (TPSA) is 0 Å². The second-order valence-corrected chi connectivity index (χ2v) is 7.08. The minimum atomic E-state index is 0.186. The molecule has 0 saturated carbocycles. The quantitative estimate of drug-likeness (QED) is 0.375. The minimum absolute atomic E-state index is 0.186. The third-order valence-corrected chi connectivity index (χ3v) is 5.32. The van der Waals surface area contributed by atoms with E-state index in [1.165, 1.54) is 68.9 Å². The lowest BCUT2D eigenvalue weighted by molar-refractivity contribution is 0.395. The van der Waals surface area contributed by atoms with Crippen LogP contribution in [0.5, 0.6) is 0 Å². The zero-order chi connectivity index (χ0) is 17.1. The Balaban J connectivity index is 2.34. The van der Waals surface area contributed by atoms with Gasteiger partial charge in [0.25, 0.3) is 0 Å². The van der Waals surface area contributed by atoms with Crippen LogP contribution in [0.15, 0.2) is 60.7 Å². The molecule has 0 bridgehead atoms. The van der Waals surface area contributed by atoms with Crippen molar-refractivity contribution in [1.29, 1.82) is 0 Å². The molecule has 0 radical (unpaired) electrons. The van der Waals surface area contributed by atoms with Crippen LogP contribution < -0.4 is 0 Å². The fraction of sp³-hybridized carbons (Fsp3) is 0.500. The second kappa shape index (κ2) is 10.3. The maximum atomic E-state index is 2.35. The van der Waals surface area contributed by atoms with Gasteiger partial charge in [-0.25, -0.2) is 0 Å². The maximum absolute atomic E-state index is 2.35. The molecule has 0 nitrogen and oxygen atoms in total. The molecule has 0 fully saturated rings. The van der Waals surface area contributed by atoms with Crippen LogP contribution in [0.2, 0.25) is 0 Å². The van der Waals surface area contributed by atoms with Gasteiger partial charge >= 0.3 is 0 Å². The summed E-state index contributed by atoms with van der Waals surface area (Å²) >= 11 is 0. The predicted octanol–water partition coefficient (Wildman–Crippen LogP) is 7.52. The lowest BCUT2D eigenvalue weighted by atomic mass is 9.68. The predicted molar refractivity (Wildman–Crippen MR) is 107 cm³/mol. The Labute approximate surface area is 149 Å². The maximum Gasteiger partial charge on any atom is 0.0202 e. The van der Waals surface area contributed by atoms with Crippen molar-refractivity contribution in [1.82, 2.24) is 0 Å². The van der Waals surface area contributed by atoms with Gasteiger partial charge in [-0.15, -0.1) is 0 Å². The molecule has 0 spiro atoms. The molecule has 0 N–H and O–H groups in total. The second-order valence-electron chi connectivity index (χ2n) is 7.08. The highest BCUT2D eigenvalue weighted by molar-refractivity contribution is 5.39. The fourth-order valence-electron chi connectivity index (χ4n) is 3.91. The van der Waals surface area contributed by atoms with Gasteiger partial charge in [-0.3, -0.25) is 0 Å². The van der Waals surface area contributed by atoms with E-state index in [0.29, 0.717) is 0 Å². The number of hydrogen-bond acceptors (Lipinski definition) is 0. The summed E-state index contributed by atoms with van der Waals surface area (Å²) in [7, 11) is 0. The monoisotopic (exact) mass is 322 g/mol. The molecule has 0 saturated heterocycles. The lowest BCUT2D eigenvalue weighted by Gasteiger charge is -2.36. The summed E-state index contributed by atoms with van der Waals surface area (Å²) in [5, 5.41) is 0. The average Bonchev–Trinajstić information content (AvgIpc) is 2.65. The average molecular weight is 323 g/mol. The van der Waals surface area contributed by atoms with Gasteiger partial charge in [0.2, 0.25) is 0 Å². The van der Waals surface area contributed by atoms with E-state index in [9.17, 15) is 0 Å². The van der Waals surface area contributed by atoms with Gasteiger partial charge in [0.05, 0.1) is 0 Å². The minimum Gasteiger partial charge on any atom is -0.0654 e. The number of unbranched alkanes of at least 4 members (excludes halogenated alkanes) is 5. The molecule has 0 heteroatoms. The molecule has 2 aromatic carbocycles. The van der Waals surface area contributed by atoms with Crippen LogP contribution >= 0.6 is 0 Å². The van der Waals surface area contributed by atoms with E-state index in [0.717, 1.165) is 0 Å². The van der Waals surface area contributed by atoms with E-state index < -0.39 is 0 Å². The van der Waals surface area contributed by atoms with Crippen molar-refractivity contribution in [2.75, 3.05) is 0 Å². The zero-order valence-corrected chi connectivity index (χ0v) is 15.6. The van der Waals surface area contributed by atoms with Crippen LogP contribution in [0.3, 0.4) is 0 Å². The van der Waals surface area contributed by atoms with E-state index >= 15 is 0 Å². The third-order valence-electron chi connectivity index (χ3n) is 5.32. The van der Waals surface area contributed by atoms with E-state index in [2.05, 4.69) is 74.5 Å². The highest BCUT2D eigenvalue weighted by Gasteiger charge is 2.32. The van der Waals surface area contributed by atoms with Crippen molar-refractivity contribution in [3.05, 3.63) is 71.8 Å². The first-order valence-electron chi connectivity index (χ1n) is 9.94. The van der Waals surface area contributed by atoms with E-state index in [4.69, 9.17) is 0 Å². The molecule has 130 valence electrons. The van der Waals surface area contributed by atoms with Crippen LogP contribution in [0.25, 0.3) is 0 Å². The highest BCUT2D eigenvalue weighted by Crippen LogP contribution is 2.41. The molecule has 0 aromatic heterocycles. The van der Waals surface area contributed by atoms with Crippen molar-refractivity contribution >= 4 is 0 Å². The number of rotatable bonds is 11. The third kappa shape index (κ3) is 4.97. The summed E-state index contributed by atoms with van der Waals surface area (Å²) in [5.74, 6) is 0. The van der Waals surface area contributed by atoms with Crippen molar-refractivity contribution in [2.24, 2.45) is 0 Å². The van der Waals surface area contributed by atoms with Gasteiger partial charge in [-0.05, 0) is 24.0 Å². The summed E-state index contributed by atoms with van der Waals surface area (Å²) < 4.78 is 0. The molecule has 0 amide bonds. The summed E-state index contributed by atoms with van der Waals surface area (Å²) in [4.78, 5) is 0. The molecule has 24 heavy (non-hydrogen) atoms. The van der Waals surface area contributed by atoms with Gasteiger partial charge < -0.3 is 0 Å². The van der Waals surface area contributed by atoms with Gasteiger partial charge in [-0.1, -0.05) is 119 Å². The van der Waals surface area contributed by atoms with Gasteiger partial charge in [0, 0.05) is 5.41 Å². The van der Waals surface area contributed by atoms with Gasteiger partial charge in [-0.2, -0.15) is 0 Å². The van der Waals surface area contributed by atoms with Crippen molar-refractivity contribution in [3.8, 4) is 0 Å². The summed E-state index contributed by atoms with van der Waals surface area (Å²) in [6.07, 6.45) is 11.8. The van der Waals surface area contributed by atoms with Crippen LogP contribution in [-0.4, -0.2) is 0 Å². The molecule has 2 aromatic rings. The van der Waals surface area contributed by atoms with Gasteiger partial charge in [0.1, 0.15) is 0 Å². The van der Waals surface area contributed by atoms with Crippen LogP contribution in [0.4, 0.5) is 0 Å². The first-order chi connectivity index (χ1) is 11.8. The van der Waals surface area contributed by atoms with Crippen LogP contribution in [-0.2, 0) is 5.41 Å². The fourth-order valence-corrected chi connectivity index (χ4v) is 3.91. The molecule has 0 aliphatic heterocycles. The number of hydrogen-bond donors (Lipinski definition) is 0. The summed E-state index contributed by atoms with van der Waals surface area (Å²) in [5.41, 5.74) is 3.19. The van der Waals surface area contributed by atoms with Crippen molar-refractivity contribution in [3.63, 3.8) is 0 Å². The normalized spacial score (nSPS) is 11.6. The molecular weight excluding hydrogens is 288 g/mol. The molecule has 2 rings (SSSR count). The Morgan fingerprint density at radius 1 is 0.542 bits per heavy atom. The molecule has 0 atom stereocenters. The molecule has 0 unspecified atom stereocenters. The Morgan fingerprint density at radius 2 is 0.958 bits per heavy atom. The summed E-state index contributed by atoms with van der Waals surface area (Å²) in [6, 6.07) is 22.5. The molecule has 0 heterocycles. The van der Waals surface area contributed by atoms with Gasteiger partial charge in [0.15, 0.2) is 0 Å². The smallest absolute Gasteiger partial charge is 0.0202 e. The molecular formula is C24H34. The Bertz CT molecular complexity index is 501. The standard InChI is InChI=1S/C24H34/c1-3-5-7-15-21-24(20-14-6-4-2,22-16-10-8-11-17-22)23-18-12-9-13-19-23/h8-13,16-19H,3-7,14-15,20-21H2,1-2H3. The van der Waals surface area contributed by atoms with Crippen molar-refractivity contribution < 1.29 is 0 Å². The van der Waals surface area contributed by atoms with E-state index in [-0.39, 0.29) is 5.41 Å². The largest absolute Gasteiger partial charge is 0.0654 e. The lowest BCUT2D eigenvalue weighted by Crippen LogP contribution is -2.28. The van der Waals surface area contributed by atoms with E-state index in [1.54, 1.807) is 0 Å². The Hall–Kier alpha value is -1.56. The van der Waals surface area contributed by atoms with E-state index in [1.807, 2.05) is 0 Å². The first-order valence-corrected chi connectivity index (χ1v) is 9.94. The zero-order valence-electron chi connectivity index (χ0n) is 15.6.